The number of benzene rings is 1. The first-order chi connectivity index (χ1) is 15.3. The molecule has 0 radical (unpaired) electrons. The van der Waals surface area contributed by atoms with E-state index in [9.17, 15) is 18.0 Å². The third-order valence-corrected chi connectivity index (χ3v) is 6.73. The van der Waals surface area contributed by atoms with Crippen LogP contribution in [0.3, 0.4) is 0 Å². The van der Waals surface area contributed by atoms with Crippen LogP contribution in [0.4, 0.5) is 18.0 Å². The number of morpholine rings is 1. The van der Waals surface area contributed by atoms with Crippen LogP contribution in [0, 0.1) is 11.8 Å². The van der Waals surface area contributed by atoms with Gasteiger partial charge < -0.3 is 14.4 Å². The summed E-state index contributed by atoms with van der Waals surface area (Å²) in [6, 6.07) is 4.19. The van der Waals surface area contributed by atoms with Gasteiger partial charge in [0.15, 0.2) is 0 Å². The lowest BCUT2D eigenvalue weighted by Gasteiger charge is -2.31. The number of ether oxygens (including phenoxy) is 2. The molecule has 180 valence electrons. The Labute approximate surface area is 188 Å². The number of rotatable bonds is 8. The molecule has 32 heavy (non-hydrogen) atoms. The summed E-state index contributed by atoms with van der Waals surface area (Å²) >= 11 is 0. The molecule has 2 fully saturated rings. The molecule has 0 aromatic heterocycles. The maximum atomic E-state index is 12.6. The van der Waals surface area contributed by atoms with Gasteiger partial charge in [-0.3, -0.25) is 4.90 Å². The predicted octanol–water partition coefficient (Wildman–Crippen LogP) is 5.44. The van der Waals surface area contributed by atoms with Gasteiger partial charge >= 0.3 is 12.3 Å². The summed E-state index contributed by atoms with van der Waals surface area (Å²) in [4.78, 5) is 16.2. The van der Waals surface area contributed by atoms with E-state index in [4.69, 9.17) is 9.47 Å². The van der Waals surface area contributed by atoms with Crippen molar-refractivity contribution in [1.29, 1.82) is 0 Å². The fourth-order valence-corrected chi connectivity index (χ4v) is 4.60. The van der Waals surface area contributed by atoms with Gasteiger partial charge in [0.2, 0.25) is 0 Å². The minimum Gasteiger partial charge on any atom is -0.410 e. The Morgan fingerprint density at radius 2 is 1.66 bits per heavy atom. The van der Waals surface area contributed by atoms with E-state index in [0.29, 0.717) is 12.5 Å². The van der Waals surface area contributed by atoms with E-state index in [1.54, 1.807) is 7.05 Å². The van der Waals surface area contributed by atoms with E-state index in [1.165, 1.54) is 62.1 Å². The second-order valence-corrected chi connectivity index (χ2v) is 9.08. The van der Waals surface area contributed by atoms with Crippen molar-refractivity contribution in [2.24, 2.45) is 11.8 Å². The van der Waals surface area contributed by atoms with Gasteiger partial charge in [0.25, 0.3) is 0 Å². The van der Waals surface area contributed by atoms with E-state index in [0.717, 1.165) is 50.8 Å². The Morgan fingerprint density at radius 1 is 1.06 bits per heavy atom. The molecule has 0 spiro atoms. The number of halogens is 3. The molecule has 1 saturated heterocycles. The minimum atomic E-state index is -4.40. The SMILES string of the molecule is CN(CCC1CCC(CCCN2CCOCC2)CC1)C(=O)Oc1ccc(C(F)(F)F)cc1. The summed E-state index contributed by atoms with van der Waals surface area (Å²) in [5.74, 6) is 1.55. The average Bonchev–Trinajstić information content (AvgIpc) is 2.79. The van der Waals surface area contributed by atoms with Gasteiger partial charge in [0.05, 0.1) is 18.8 Å². The van der Waals surface area contributed by atoms with Gasteiger partial charge in [0.1, 0.15) is 5.75 Å². The van der Waals surface area contributed by atoms with Crippen LogP contribution in [-0.2, 0) is 10.9 Å². The monoisotopic (exact) mass is 456 g/mol. The first-order valence-corrected chi connectivity index (χ1v) is 11.7. The molecular weight excluding hydrogens is 421 g/mol. The third kappa shape index (κ3) is 7.96. The van der Waals surface area contributed by atoms with Crippen LogP contribution in [0.2, 0.25) is 0 Å². The van der Waals surface area contributed by atoms with Crippen LogP contribution in [0.25, 0.3) is 0 Å². The number of hydrogen-bond donors (Lipinski definition) is 0. The highest BCUT2D eigenvalue weighted by atomic mass is 19.4. The Bertz CT molecular complexity index is 697. The van der Waals surface area contributed by atoms with E-state index in [-0.39, 0.29) is 5.75 Å². The summed E-state index contributed by atoms with van der Waals surface area (Å²) in [6.45, 7) is 5.60. The smallest absolute Gasteiger partial charge is 0.410 e. The number of hydrogen-bond acceptors (Lipinski definition) is 4. The van der Waals surface area contributed by atoms with Crippen LogP contribution < -0.4 is 4.74 Å². The summed E-state index contributed by atoms with van der Waals surface area (Å²) in [6.07, 6.45) is 3.45. The molecule has 1 aromatic rings. The van der Waals surface area contributed by atoms with Crippen molar-refractivity contribution in [2.45, 2.75) is 51.1 Å². The molecular formula is C24H35F3N2O3. The largest absolute Gasteiger partial charge is 0.416 e. The molecule has 0 atom stereocenters. The van der Waals surface area contributed by atoms with Gasteiger partial charge in [-0.15, -0.1) is 0 Å². The van der Waals surface area contributed by atoms with Gasteiger partial charge in [0, 0.05) is 26.7 Å². The summed E-state index contributed by atoms with van der Waals surface area (Å²) in [5.41, 5.74) is -0.762. The first kappa shape index (κ1) is 24.8. The fourth-order valence-electron chi connectivity index (χ4n) is 4.60. The number of carbonyl (C=O) groups is 1. The predicted molar refractivity (Wildman–Crippen MR) is 117 cm³/mol. The minimum absolute atomic E-state index is 0.118. The highest BCUT2D eigenvalue weighted by Gasteiger charge is 2.30. The Kier molecular flexibility index (Phi) is 9.22. The van der Waals surface area contributed by atoms with Crippen LogP contribution in [0.15, 0.2) is 24.3 Å². The van der Waals surface area contributed by atoms with Gasteiger partial charge in [-0.25, -0.2) is 4.79 Å². The standard InChI is InChI=1S/C24H35F3N2O3/c1-28(23(30)32-22-10-8-21(9-11-22)24(25,26)27)14-12-20-6-4-19(5-7-20)3-2-13-29-15-17-31-18-16-29/h8-11,19-20H,2-7,12-18H2,1H3. The topological polar surface area (TPSA) is 42.0 Å². The van der Waals surface area contributed by atoms with Crippen molar-refractivity contribution in [3.05, 3.63) is 29.8 Å². The quantitative estimate of drug-likeness (QED) is 0.522. The van der Waals surface area contributed by atoms with E-state index < -0.39 is 17.8 Å². The second-order valence-electron chi connectivity index (χ2n) is 9.08. The lowest BCUT2D eigenvalue weighted by molar-refractivity contribution is -0.137. The van der Waals surface area contributed by atoms with Crippen LogP contribution in [0.1, 0.15) is 50.5 Å². The lowest BCUT2D eigenvalue weighted by Crippen LogP contribution is -2.37. The molecule has 1 aromatic carbocycles. The average molecular weight is 457 g/mol. The number of carbonyl (C=O) groups excluding carboxylic acids is 1. The highest BCUT2D eigenvalue weighted by molar-refractivity contribution is 5.70. The Hall–Kier alpha value is -1.80. The van der Waals surface area contributed by atoms with Crippen LogP contribution in [-0.4, -0.2) is 62.3 Å². The van der Waals surface area contributed by atoms with E-state index in [1.807, 2.05) is 0 Å². The molecule has 5 nitrogen and oxygen atoms in total. The molecule has 0 N–H and O–H groups in total. The maximum Gasteiger partial charge on any atom is 0.416 e. The molecule has 8 heteroatoms. The Morgan fingerprint density at radius 3 is 2.25 bits per heavy atom. The van der Waals surface area contributed by atoms with Gasteiger partial charge in [-0.1, -0.05) is 25.7 Å². The molecule has 1 aliphatic heterocycles. The van der Waals surface area contributed by atoms with Crippen LogP contribution in [0.5, 0.6) is 5.75 Å². The number of nitrogens with zero attached hydrogens (tertiary/aromatic N) is 2. The van der Waals surface area contributed by atoms with Crippen molar-refractivity contribution in [3.8, 4) is 5.75 Å². The van der Waals surface area contributed by atoms with Crippen LogP contribution >= 0.6 is 0 Å². The zero-order valence-corrected chi connectivity index (χ0v) is 18.9. The molecule has 2 aliphatic rings. The van der Waals surface area contributed by atoms with Crippen molar-refractivity contribution in [2.75, 3.05) is 46.4 Å². The fraction of sp³-hybridized carbons (Fsp3) is 0.708. The molecule has 1 heterocycles. The van der Waals surface area contributed by atoms with E-state index in [2.05, 4.69) is 4.90 Å². The molecule has 3 rings (SSSR count). The number of amides is 1. The van der Waals surface area contributed by atoms with Crippen molar-refractivity contribution < 1.29 is 27.4 Å². The normalized spacial score (nSPS) is 22.5. The van der Waals surface area contributed by atoms with Gasteiger partial charge in [-0.05, 0) is 61.9 Å². The third-order valence-electron chi connectivity index (χ3n) is 6.73. The summed E-state index contributed by atoms with van der Waals surface area (Å²) in [7, 11) is 1.67. The molecule has 1 aliphatic carbocycles. The Balaban J connectivity index is 1.29. The second kappa shape index (κ2) is 11.9. The van der Waals surface area contributed by atoms with E-state index >= 15 is 0 Å². The zero-order valence-electron chi connectivity index (χ0n) is 18.9. The molecule has 0 bridgehead atoms. The highest BCUT2D eigenvalue weighted by Crippen LogP contribution is 2.33. The molecule has 0 unspecified atom stereocenters. The molecule has 1 saturated carbocycles. The number of alkyl halides is 3. The first-order valence-electron chi connectivity index (χ1n) is 11.7. The van der Waals surface area contributed by atoms with Gasteiger partial charge in [-0.2, -0.15) is 13.2 Å². The van der Waals surface area contributed by atoms with Crippen molar-refractivity contribution in [3.63, 3.8) is 0 Å². The lowest BCUT2D eigenvalue weighted by atomic mass is 9.78. The maximum absolute atomic E-state index is 12.6. The zero-order chi connectivity index (χ0) is 23.0. The summed E-state index contributed by atoms with van der Waals surface area (Å²) < 4.78 is 48.5. The van der Waals surface area contributed by atoms with Crippen molar-refractivity contribution in [1.82, 2.24) is 9.80 Å². The summed E-state index contributed by atoms with van der Waals surface area (Å²) in [5, 5.41) is 0. The van der Waals surface area contributed by atoms with Crippen molar-refractivity contribution >= 4 is 6.09 Å². The molecule has 1 amide bonds.